The molecule has 7 heteroatoms. The second-order valence-corrected chi connectivity index (χ2v) is 11.6. The summed E-state index contributed by atoms with van der Waals surface area (Å²) in [6.07, 6.45) is 20.9. The molecular weight excluding hydrogens is 482 g/mol. The maximum absolute atomic E-state index is 11.5. The largest absolute Gasteiger partial charge is 0.481 e. The molecule has 0 radical (unpaired) electrons. The van der Waals surface area contributed by atoms with Gasteiger partial charge in [-0.05, 0) is 12.8 Å². The Morgan fingerprint density at radius 1 is 0.553 bits per heavy atom. The second-order valence-electron chi connectivity index (χ2n) is 11.6. The second kappa shape index (κ2) is 22.0. The molecule has 3 unspecified atom stereocenters. The number of allylic oxidation sites excluding steroid dienone is 1. The number of nitrogens with zero attached hydrogens (tertiary/aromatic N) is 1. The van der Waals surface area contributed by atoms with E-state index in [1.165, 1.54) is 64.2 Å². The molecule has 0 aliphatic rings. The third-order valence-corrected chi connectivity index (χ3v) is 8.04. The summed E-state index contributed by atoms with van der Waals surface area (Å²) in [5.41, 5.74) is 0. The van der Waals surface area contributed by atoms with Crippen LogP contribution in [-0.2, 0) is 14.4 Å². The van der Waals surface area contributed by atoms with Crippen molar-refractivity contribution in [2.24, 2.45) is 17.8 Å². The summed E-state index contributed by atoms with van der Waals surface area (Å²) >= 11 is 0. The highest BCUT2D eigenvalue weighted by Gasteiger charge is 2.31. The Morgan fingerprint density at radius 2 is 0.895 bits per heavy atom. The van der Waals surface area contributed by atoms with Gasteiger partial charge in [0.15, 0.2) is 0 Å². The lowest BCUT2D eigenvalue weighted by Crippen LogP contribution is -2.52. The van der Waals surface area contributed by atoms with E-state index < -0.39 is 35.7 Å². The minimum absolute atomic E-state index is 0.487. The maximum Gasteiger partial charge on any atom is 0.306 e. The van der Waals surface area contributed by atoms with Crippen molar-refractivity contribution >= 4 is 17.9 Å². The van der Waals surface area contributed by atoms with Gasteiger partial charge in [0.25, 0.3) is 0 Å². The molecule has 0 saturated carbocycles. The van der Waals surface area contributed by atoms with E-state index in [0.717, 1.165) is 19.4 Å². The molecule has 0 aromatic carbocycles. The van der Waals surface area contributed by atoms with Crippen molar-refractivity contribution < 1.29 is 34.2 Å². The molecule has 0 bridgehead atoms. The van der Waals surface area contributed by atoms with E-state index in [1.54, 1.807) is 20.8 Å². The van der Waals surface area contributed by atoms with Crippen molar-refractivity contribution in [1.29, 1.82) is 0 Å². The third-order valence-electron chi connectivity index (χ3n) is 8.04. The van der Waals surface area contributed by atoms with E-state index >= 15 is 0 Å². The zero-order valence-corrected chi connectivity index (χ0v) is 24.8. The van der Waals surface area contributed by atoms with Gasteiger partial charge < -0.3 is 19.8 Å². The summed E-state index contributed by atoms with van der Waals surface area (Å²) in [5.74, 6) is -3.98. The number of aliphatic carboxylic acids is 3. The molecule has 0 fully saturated rings. The Hall–Kier alpha value is -1.89. The molecule has 3 N–H and O–H groups in total. The summed E-state index contributed by atoms with van der Waals surface area (Å²) in [6.45, 7) is 9.93. The van der Waals surface area contributed by atoms with Crippen LogP contribution in [-0.4, -0.2) is 63.9 Å². The number of hydrogen-bond donors (Lipinski definition) is 3. The van der Waals surface area contributed by atoms with Crippen molar-refractivity contribution in [1.82, 2.24) is 0 Å². The Labute approximate surface area is 232 Å². The van der Waals surface area contributed by atoms with Crippen molar-refractivity contribution in [3.63, 3.8) is 0 Å². The number of quaternary nitrogens is 1. The molecule has 38 heavy (non-hydrogen) atoms. The molecule has 0 spiro atoms. The number of carbonyl (C=O) groups is 3. The molecule has 222 valence electrons. The minimum Gasteiger partial charge on any atom is -0.481 e. The lowest BCUT2D eigenvalue weighted by molar-refractivity contribution is -0.929. The van der Waals surface area contributed by atoms with Gasteiger partial charge in [0, 0.05) is 25.7 Å². The van der Waals surface area contributed by atoms with Gasteiger partial charge in [0.1, 0.15) is 0 Å². The highest BCUT2D eigenvalue weighted by molar-refractivity contribution is 5.70. The average molecular weight is 541 g/mol. The SMILES string of the molecule is CCCCCCCCCCCC/C=C/CC[N+](CCC(C)C(=O)O)(CCC(C)C(=O)O)CCC(C)C(=O)O. The predicted octanol–water partition coefficient (Wildman–Crippen LogP) is 7.39. The topological polar surface area (TPSA) is 112 Å². The van der Waals surface area contributed by atoms with Crippen LogP contribution >= 0.6 is 0 Å². The predicted molar refractivity (Wildman–Crippen MR) is 154 cm³/mol. The Bertz CT molecular complexity index is 617. The maximum atomic E-state index is 11.5. The monoisotopic (exact) mass is 540 g/mol. The van der Waals surface area contributed by atoms with Gasteiger partial charge in [0.05, 0.1) is 43.9 Å². The van der Waals surface area contributed by atoms with Crippen LogP contribution in [0.3, 0.4) is 0 Å². The summed E-state index contributed by atoms with van der Waals surface area (Å²) in [5, 5.41) is 28.2. The van der Waals surface area contributed by atoms with E-state index in [4.69, 9.17) is 0 Å². The molecule has 0 aliphatic carbocycles. The van der Waals surface area contributed by atoms with Gasteiger partial charge in [-0.2, -0.15) is 0 Å². The van der Waals surface area contributed by atoms with Crippen LogP contribution in [0.25, 0.3) is 0 Å². The Kier molecular flexibility index (Phi) is 20.9. The van der Waals surface area contributed by atoms with Crippen molar-refractivity contribution in [2.45, 2.75) is 124 Å². The van der Waals surface area contributed by atoms with Crippen molar-refractivity contribution in [3.8, 4) is 0 Å². The quantitative estimate of drug-likeness (QED) is 0.0599. The average Bonchev–Trinajstić information content (AvgIpc) is 2.88. The molecule has 0 aliphatic heterocycles. The summed E-state index contributed by atoms with van der Waals surface area (Å²) in [7, 11) is 0. The number of carboxylic acid groups (broad SMARTS) is 3. The first kappa shape index (κ1) is 36.1. The smallest absolute Gasteiger partial charge is 0.306 e. The first-order valence-electron chi connectivity index (χ1n) is 15.2. The lowest BCUT2D eigenvalue weighted by Gasteiger charge is -2.40. The van der Waals surface area contributed by atoms with Crippen LogP contribution in [0.5, 0.6) is 0 Å². The van der Waals surface area contributed by atoms with E-state index in [2.05, 4.69) is 19.1 Å². The molecule has 3 atom stereocenters. The molecule has 0 aromatic rings. The van der Waals surface area contributed by atoms with Crippen LogP contribution in [0.4, 0.5) is 0 Å². The fourth-order valence-corrected chi connectivity index (χ4v) is 4.78. The molecule has 0 amide bonds. The summed E-state index contributed by atoms with van der Waals surface area (Å²) < 4.78 is 0.565. The van der Waals surface area contributed by atoms with Crippen LogP contribution < -0.4 is 0 Å². The van der Waals surface area contributed by atoms with Crippen molar-refractivity contribution in [2.75, 3.05) is 26.2 Å². The third kappa shape index (κ3) is 18.4. The Balaban J connectivity index is 4.87. The normalized spacial score (nSPS) is 15.7. The van der Waals surface area contributed by atoms with E-state index in [1.807, 2.05) is 0 Å². The number of carboxylic acids is 3. The minimum atomic E-state index is -0.836. The summed E-state index contributed by atoms with van der Waals surface area (Å²) in [6, 6.07) is 0. The van der Waals surface area contributed by atoms with Gasteiger partial charge in [-0.15, -0.1) is 0 Å². The fraction of sp³-hybridized carbons (Fsp3) is 0.839. The standard InChI is InChI=1S/C31H57NO6/c1-5-6-7-8-9-10-11-12-13-14-15-16-17-18-22-32(23-19-26(2)29(33)34,24-20-27(3)30(35)36)25-21-28(4)31(37)38/h16-17,26-28H,5-15,18-25H2,1-4H3,(H2-,33,34,35,36,37,38)/p+1/b17-16+. The molecule has 7 nitrogen and oxygen atoms in total. The lowest BCUT2D eigenvalue weighted by atomic mass is 10.0. The highest BCUT2D eigenvalue weighted by atomic mass is 16.4. The van der Waals surface area contributed by atoms with Gasteiger partial charge >= 0.3 is 17.9 Å². The van der Waals surface area contributed by atoms with E-state index in [0.29, 0.717) is 43.4 Å². The van der Waals surface area contributed by atoms with Crippen LogP contribution in [0.15, 0.2) is 12.2 Å². The Morgan fingerprint density at radius 3 is 1.26 bits per heavy atom. The van der Waals surface area contributed by atoms with Crippen LogP contribution in [0.1, 0.15) is 124 Å². The van der Waals surface area contributed by atoms with Gasteiger partial charge in [-0.3, -0.25) is 14.4 Å². The molecular formula is C31H58NO6+. The van der Waals surface area contributed by atoms with Gasteiger partial charge in [-0.25, -0.2) is 0 Å². The highest BCUT2D eigenvalue weighted by Crippen LogP contribution is 2.21. The number of unbranched alkanes of at least 4 members (excludes halogenated alkanes) is 10. The number of hydrogen-bond acceptors (Lipinski definition) is 3. The first-order chi connectivity index (χ1) is 18.0. The van der Waals surface area contributed by atoms with Gasteiger partial charge in [-0.1, -0.05) is 97.6 Å². The van der Waals surface area contributed by atoms with Gasteiger partial charge in [0.2, 0.25) is 0 Å². The first-order valence-corrected chi connectivity index (χ1v) is 15.2. The fourth-order valence-electron chi connectivity index (χ4n) is 4.78. The zero-order valence-electron chi connectivity index (χ0n) is 24.8. The van der Waals surface area contributed by atoms with Crippen LogP contribution in [0.2, 0.25) is 0 Å². The summed E-state index contributed by atoms with van der Waals surface area (Å²) in [4.78, 5) is 34.4. The molecule has 0 saturated heterocycles. The zero-order chi connectivity index (χ0) is 28.8. The van der Waals surface area contributed by atoms with Crippen LogP contribution in [0, 0.1) is 17.8 Å². The molecule has 0 heterocycles. The van der Waals surface area contributed by atoms with E-state index in [9.17, 15) is 29.7 Å². The number of rotatable bonds is 26. The van der Waals surface area contributed by atoms with E-state index in [-0.39, 0.29) is 0 Å². The molecule has 0 rings (SSSR count). The van der Waals surface area contributed by atoms with Crippen molar-refractivity contribution in [3.05, 3.63) is 12.2 Å². The molecule has 0 aromatic heterocycles.